The second-order valence-corrected chi connectivity index (χ2v) is 5.95. The van der Waals surface area contributed by atoms with Crippen LogP contribution in [0.5, 0.6) is 0 Å². The molecule has 1 heterocycles. The molecule has 0 aliphatic rings. The van der Waals surface area contributed by atoms with Gasteiger partial charge in [0.2, 0.25) is 5.95 Å². The first kappa shape index (κ1) is 16.3. The van der Waals surface area contributed by atoms with Crippen LogP contribution in [0.1, 0.15) is 11.1 Å². The van der Waals surface area contributed by atoms with E-state index in [1.165, 1.54) is 5.56 Å². The lowest BCUT2D eigenvalue weighted by atomic mass is 10.1. The molecule has 0 spiro atoms. The highest BCUT2D eigenvalue weighted by molar-refractivity contribution is 6.30. The van der Waals surface area contributed by atoms with Gasteiger partial charge in [-0.15, -0.1) is 0 Å². The zero-order valence-corrected chi connectivity index (χ0v) is 14.2. The molecule has 3 rings (SSSR count). The van der Waals surface area contributed by atoms with E-state index in [0.29, 0.717) is 11.0 Å². The summed E-state index contributed by atoms with van der Waals surface area (Å²) in [6.07, 6.45) is 2.68. The Kier molecular flexibility index (Phi) is 5.29. The summed E-state index contributed by atoms with van der Waals surface area (Å²) in [5, 5.41) is 7.22. The van der Waals surface area contributed by atoms with Crippen molar-refractivity contribution in [2.75, 3.05) is 17.2 Å². The predicted molar refractivity (Wildman–Crippen MR) is 100 cm³/mol. The van der Waals surface area contributed by atoms with Crippen molar-refractivity contribution in [2.24, 2.45) is 0 Å². The van der Waals surface area contributed by atoms with Crippen molar-refractivity contribution >= 4 is 29.1 Å². The molecule has 0 radical (unpaired) electrons. The number of halogens is 1. The van der Waals surface area contributed by atoms with Crippen LogP contribution in [0.3, 0.4) is 0 Å². The number of aromatic nitrogens is 2. The van der Waals surface area contributed by atoms with E-state index in [0.717, 1.165) is 30.0 Å². The molecule has 2 N–H and O–H groups in total. The van der Waals surface area contributed by atoms with Crippen molar-refractivity contribution in [3.05, 3.63) is 76.9 Å². The van der Waals surface area contributed by atoms with Gasteiger partial charge in [0.15, 0.2) is 0 Å². The van der Waals surface area contributed by atoms with Gasteiger partial charge in [-0.2, -0.15) is 4.98 Å². The zero-order valence-electron chi connectivity index (χ0n) is 13.5. The van der Waals surface area contributed by atoms with Crippen molar-refractivity contribution in [3.8, 4) is 0 Å². The van der Waals surface area contributed by atoms with Crippen LogP contribution in [0.25, 0.3) is 0 Å². The van der Waals surface area contributed by atoms with Gasteiger partial charge in [-0.25, -0.2) is 4.98 Å². The summed E-state index contributed by atoms with van der Waals surface area (Å²) in [5.74, 6) is 1.34. The van der Waals surface area contributed by atoms with Crippen LogP contribution in [-0.4, -0.2) is 16.5 Å². The molecular weight excluding hydrogens is 320 g/mol. The average molecular weight is 339 g/mol. The molecule has 0 unspecified atom stereocenters. The molecule has 0 amide bonds. The molecule has 2 aromatic carbocycles. The van der Waals surface area contributed by atoms with E-state index < -0.39 is 0 Å². The van der Waals surface area contributed by atoms with Crippen molar-refractivity contribution in [2.45, 2.75) is 13.3 Å². The van der Waals surface area contributed by atoms with Gasteiger partial charge in [-0.1, -0.05) is 48.0 Å². The maximum absolute atomic E-state index is 6.05. The van der Waals surface area contributed by atoms with E-state index >= 15 is 0 Å². The first-order valence-electron chi connectivity index (χ1n) is 7.85. The summed E-state index contributed by atoms with van der Waals surface area (Å²) in [5.41, 5.74) is 3.29. The minimum absolute atomic E-state index is 0.546. The number of aryl methyl sites for hydroxylation is 1. The van der Waals surface area contributed by atoms with E-state index in [9.17, 15) is 0 Å². The van der Waals surface area contributed by atoms with Crippen LogP contribution in [0, 0.1) is 6.92 Å². The minimum Gasteiger partial charge on any atom is -0.370 e. The third-order valence-corrected chi connectivity index (χ3v) is 3.90. The Hall–Kier alpha value is -2.59. The summed E-state index contributed by atoms with van der Waals surface area (Å²) in [6, 6.07) is 17.9. The normalized spacial score (nSPS) is 10.4. The van der Waals surface area contributed by atoms with Crippen LogP contribution in [-0.2, 0) is 6.42 Å². The molecule has 122 valence electrons. The quantitative estimate of drug-likeness (QED) is 0.675. The summed E-state index contributed by atoms with van der Waals surface area (Å²) in [6.45, 7) is 2.83. The minimum atomic E-state index is 0.546. The molecular formula is C19H19ClN4. The number of nitrogens with zero attached hydrogens (tertiary/aromatic N) is 2. The number of hydrogen-bond donors (Lipinski definition) is 2. The Bertz CT molecular complexity index is 805. The molecule has 0 bridgehead atoms. The van der Waals surface area contributed by atoms with Gasteiger partial charge in [0.25, 0.3) is 0 Å². The maximum atomic E-state index is 6.05. The Morgan fingerprint density at radius 2 is 1.88 bits per heavy atom. The lowest BCUT2D eigenvalue weighted by Crippen LogP contribution is -2.08. The molecule has 0 atom stereocenters. The van der Waals surface area contributed by atoms with E-state index in [1.54, 1.807) is 6.20 Å². The van der Waals surface area contributed by atoms with Crippen LogP contribution in [0.2, 0.25) is 5.02 Å². The van der Waals surface area contributed by atoms with Gasteiger partial charge in [0.1, 0.15) is 5.82 Å². The second-order valence-electron chi connectivity index (χ2n) is 5.51. The monoisotopic (exact) mass is 338 g/mol. The number of rotatable bonds is 6. The lowest BCUT2D eigenvalue weighted by molar-refractivity contribution is 1.00. The Morgan fingerprint density at radius 3 is 2.71 bits per heavy atom. The van der Waals surface area contributed by atoms with Crippen LogP contribution in [0.15, 0.2) is 60.8 Å². The fourth-order valence-electron chi connectivity index (χ4n) is 2.35. The smallest absolute Gasteiger partial charge is 0.229 e. The highest BCUT2D eigenvalue weighted by Gasteiger charge is 2.03. The number of nitrogens with one attached hydrogen (secondary N) is 2. The Morgan fingerprint density at radius 1 is 1.04 bits per heavy atom. The maximum Gasteiger partial charge on any atom is 0.229 e. The first-order chi connectivity index (χ1) is 11.7. The molecule has 5 heteroatoms. The molecule has 1 aromatic heterocycles. The molecule has 0 aliphatic heterocycles. The summed E-state index contributed by atoms with van der Waals surface area (Å²) in [7, 11) is 0. The highest BCUT2D eigenvalue weighted by atomic mass is 35.5. The predicted octanol–water partition coefficient (Wildman–Crippen LogP) is 4.84. The fraction of sp³-hybridized carbons (Fsp3) is 0.158. The Balaban J connectivity index is 1.62. The first-order valence-corrected chi connectivity index (χ1v) is 8.22. The van der Waals surface area contributed by atoms with Crippen molar-refractivity contribution in [1.82, 2.24) is 9.97 Å². The van der Waals surface area contributed by atoms with Crippen LogP contribution < -0.4 is 10.6 Å². The summed E-state index contributed by atoms with van der Waals surface area (Å²) >= 11 is 6.05. The summed E-state index contributed by atoms with van der Waals surface area (Å²) < 4.78 is 0. The topological polar surface area (TPSA) is 49.8 Å². The molecule has 0 saturated heterocycles. The lowest BCUT2D eigenvalue weighted by Gasteiger charge is -2.10. The van der Waals surface area contributed by atoms with Crippen molar-refractivity contribution in [1.29, 1.82) is 0 Å². The molecule has 0 saturated carbocycles. The van der Waals surface area contributed by atoms with Gasteiger partial charge in [0, 0.05) is 23.5 Å². The SMILES string of the molecule is Cc1ccc(Cl)cc1Nc1nccc(NCCc2ccccc2)n1. The molecule has 0 aliphatic carbocycles. The van der Waals surface area contributed by atoms with E-state index in [2.05, 4.69) is 44.9 Å². The number of benzene rings is 2. The van der Waals surface area contributed by atoms with Crippen LogP contribution in [0.4, 0.5) is 17.5 Å². The summed E-state index contributed by atoms with van der Waals surface area (Å²) in [4.78, 5) is 8.76. The van der Waals surface area contributed by atoms with Gasteiger partial charge in [-0.3, -0.25) is 0 Å². The molecule has 24 heavy (non-hydrogen) atoms. The third kappa shape index (κ3) is 4.46. The van der Waals surface area contributed by atoms with Gasteiger partial charge in [0.05, 0.1) is 0 Å². The largest absolute Gasteiger partial charge is 0.370 e. The standard InChI is InChI=1S/C19H19ClN4/c1-14-7-8-16(20)13-17(14)23-19-22-12-10-18(24-19)21-11-9-15-5-3-2-4-6-15/h2-8,10,12-13H,9,11H2,1H3,(H2,21,22,23,24). The molecule has 4 nitrogen and oxygen atoms in total. The van der Waals surface area contributed by atoms with E-state index in [-0.39, 0.29) is 0 Å². The van der Waals surface area contributed by atoms with E-state index in [1.807, 2.05) is 37.3 Å². The van der Waals surface area contributed by atoms with Gasteiger partial charge < -0.3 is 10.6 Å². The molecule has 3 aromatic rings. The molecule has 0 fully saturated rings. The average Bonchev–Trinajstić information content (AvgIpc) is 2.60. The third-order valence-electron chi connectivity index (χ3n) is 3.66. The van der Waals surface area contributed by atoms with Crippen molar-refractivity contribution < 1.29 is 0 Å². The van der Waals surface area contributed by atoms with E-state index in [4.69, 9.17) is 11.6 Å². The number of hydrogen-bond acceptors (Lipinski definition) is 4. The Labute approximate surface area is 146 Å². The van der Waals surface area contributed by atoms with Crippen molar-refractivity contribution in [3.63, 3.8) is 0 Å². The van der Waals surface area contributed by atoms with Gasteiger partial charge in [-0.05, 0) is 42.7 Å². The van der Waals surface area contributed by atoms with Gasteiger partial charge >= 0.3 is 0 Å². The fourth-order valence-corrected chi connectivity index (χ4v) is 2.52. The van der Waals surface area contributed by atoms with Crippen LogP contribution >= 0.6 is 11.6 Å². The number of anilines is 3. The second kappa shape index (κ2) is 7.79. The zero-order chi connectivity index (χ0) is 16.8. The highest BCUT2D eigenvalue weighted by Crippen LogP contribution is 2.22.